The van der Waals surface area contributed by atoms with Crippen LogP contribution < -0.4 is 0 Å². The molecule has 1 saturated heterocycles. The largest absolute Gasteiger partial charge is 0.508 e. The van der Waals surface area contributed by atoms with Crippen LogP contribution in [0.3, 0.4) is 0 Å². The molecule has 2 N–H and O–H groups in total. The molecule has 4 rings (SSSR count). The molecule has 0 aliphatic carbocycles. The van der Waals surface area contributed by atoms with E-state index in [0.29, 0.717) is 13.1 Å². The topological polar surface area (TPSA) is 60.8 Å². The zero-order chi connectivity index (χ0) is 19.6. The summed E-state index contributed by atoms with van der Waals surface area (Å²) in [5.74, 6) is -0.444. The Kier molecular flexibility index (Phi) is 4.78. The van der Waals surface area contributed by atoms with Crippen LogP contribution in [0.2, 0.25) is 0 Å². The second kappa shape index (κ2) is 7.39. The van der Waals surface area contributed by atoms with Crippen molar-refractivity contribution in [3.05, 3.63) is 95.6 Å². The lowest BCUT2D eigenvalue weighted by Crippen LogP contribution is -2.45. The van der Waals surface area contributed by atoms with Crippen LogP contribution in [0, 0.1) is 0 Å². The van der Waals surface area contributed by atoms with Crippen molar-refractivity contribution in [3.63, 3.8) is 0 Å². The highest BCUT2D eigenvalue weighted by Crippen LogP contribution is 2.42. The predicted molar refractivity (Wildman–Crippen MR) is 109 cm³/mol. The van der Waals surface area contributed by atoms with Gasteiger partial charge < -0.3 is 15.1 Å². The number of amides is 1. The molecule has 0 unspecified atom stereocenters. The van der Waals surface area contributed by atoms with Gasteiger partial charge in [0.1, 0.15) is 11.5 Å². The van der Waals surface area contributed by atoms with Crippen molar-refractivity contribution < 1.29 is 15.0 Å². The standard InChI is InChI=1S/C24H23NO3/c26-20-11-12-21(22(27)17-20)23(28)25-15-13-24(14-16-25,18-7-3-1-4-8-18)19-9-5-2-6-10-19/h1-12,17,26-27H,13-16H2. The highest BCUT2D eigenvalue weighted by Gasteiger charge is 2.39. The summed E-state index contributed by atoms with van der Waals surface area (Å²) in [6, 6.07) is 25.0. The molecule has 142 valence electrons. The van der Waals surface area contributed by atoms with Crippen LogP contribution in [0.25, 0.3) is 0 Å². The van der Waals surface area contributed by atoms with E-state index in [1.807, 2.05) is 12.1 Å². The molecule has 1 aliphatic rings. The number of carbonyl (C=O) groups is 1. The van der Waals surface area contributed by atoms with E-state index < -0.39 is 0 Å². The number of piperidine rings is 1. The maximum atomic E-state index is 12.9. The Morgan fingerprint density at radius 3 is 1.82 bits per heavy atom. The zero-order valence-electron chi connectivity index (χ0n) is 15.6. The highest BCUT2D eigenvalue weighted by atomic mass is 16.3. The van der Waals surface area contributed by atoms with Crippen molar-refractivity contribution in [1.82, 2.24) is 4.90 Å². The first-order valence-corrected chi connectivity index (χ1v) is 9.52. The average molecular weight is 373 g/mol. The third kappa shape index (κ3) is 3.22. The van der Waals surface area contributed by atoms with E-state index in [1.54, 1.807) is 4.90 Å². The molecule has 0 aromatic heterocycles. The number of rotatable bonds is 3. The van der Waals surface area contributed by atoms with Crippen LogP contribution in [0.15, 0.2) is 78.9 Å². The summed E-state index contributed by atoms with van der Waals surface area (Å²) in [4.78, 5) is 14.7. The number of carbonyl (C=O) groups excluding carboxylic acids is 1. The molecular formula is C24H23NO3. The Balaban J connectivity index is 1.62. The molecule has 1 heterocycles. The van der Waals surface area contributed by atoms with Gasteiger partial charge in [0, 0.05) is 24.6 Å². The first kappa shape index (κ1) is 18.1. The van der Waals surface area contributed by atoms with Crippen LogP contribution in [-0.4, -0.2) is 34.1 Å². The summed E-state index contributed by atoms with van der Waals surface area (Å²) in [6.45, 7) is 1.20. The Labute approximate surface area is 164 Å². The average Bonchev–Trinajstić information content (AvgIpc) is 2.75. The molecule has 0 atom stereocenters. The highest BCUT2D eigenvalue weighted by molar-refractivity contribution is 5.97. The third-order valence-corrected chi connectivity index (χ3v) is 5.77. The number of benzene rings is 3. The Hall–Kier alpha value is -3.27. The lowest BCUT2D eigenvalue weighted by molar-refractivity contribution is 0.0682. The van der Waals surface area contributed by atoms with Crippen LogP contribution >= 0.6 is 0 Å². The molecule has 1 fully saturated rings. The van der Waals surface area contributed by atoms with E-state index in [0.717, 1.165) is 12.8 Å². The van der Waals surface area contributed by atoms with Gasteiger partial charge >= 0.3 is 0 Å². The van der Waals surface area contributed by atoms with Crippen molar-refractivity contribution in [2.45, 2.75) is 18.3 Å². The van der Waals surface area contributed by atoms with E-state index in [4.69, 9.17) is 0 Å². The van der Waals surface area contributed by atoms with Gasteiger partial charge in [-0.25, -0.2) is 0 Å². The molecular weight excluding hydrogens is 350 g/mol. The normalized spacial score (nSPS) is 15.9. The minimum atomic E-state index is -0.202. The van der Waals surface area contributed by atoms with Crippen LogP contribution in [0.4, 0.5) is 0 Å². The summed E-state index contributed by atoms with van der Waals surface area (Å²) in [5.41, 5.74) is 2.63. The second-order valence-corrected chi connectivity index (χ2v) is 7.31. The van der Waals surface area contributed by atoms with Crippen molar-refractivity contribution in [2.24, 2.45) is 0 Å². The quantitative estimate of drug-likeness (QED) is 0.719. The molecule has 28 heavy (non-hydrogen) atoms. The lowest BCUT2D eigenvalue weighted by atomic mass is 9.68. The van der Waals surface area contributed by atoms with Gasteiger partial charge in [0.25, 0.3) is 5.91 Å². The van der Waals surface area contributed by atoms with E-state index in [9.17, 15) is 15.0 Å². The summed E-state index contributed by atoms with van der Waals surface area (Å²) in [5, 5.41) is 19.5. The number of likely N-dealkylation sites (tertiary alicyclic amines) is 1. The molecule has 0 radical (unpaired) electrons. The molecule has 0 saturated carbocycles. The maximum absolute atomic E-state index is 12.9. The van der Waals surface area contributed by atoms with Crippen molar-refractivity contribution in [2.75, 3.05) is 13.1 Å². The van der Waals surface area contributed by atoms with E-state index in [2.05, 4.69) is 48.5 Å². The second-order valence-electron chi connectivity index (χ2n) is 7.31. The smallest absolute Gasteiger partial charge is 0.257 e. The first-order valence-electron chi connectivity index (χ1n) is 9.52. The molecule has 3 aromatic carbocycles. The number of hydrogen-bond donors (Lipinski definition) is 2. The van der Waals surface area contributed by atoms with Gasteiger partial charge in [0.05, 0.1) is 5.56 Å². The number of phenols is 2. The zero-order valence-corrected chi connectivity index (χ0v) is 15.6. The van der Waals surface area contributed by atoms with Gasteiger partial charge in [0.15, 0.2) is 0 Å². The molecule has 1 aliphatic heterocycles. The summed E-state index contributed by atoms with van der Waals surface area (Å²) in [6.07, 6.45) is 1.62. The molecule has 3 aromatic rings. The van der Waals surface area contributed by atoms with Crippen molar-refractivity contribution in [1.29, 1.82) is 0 Å². The number of phenolic OH excluding ortho intramolecular Hbond substituents is 2. The summed E-state index contributed by atoms with van der Waals surface area (Å²) >= 11 is 0. The van der Waals surface area contributed by atoms with Crippen molar-refractivity contribution in [3.8, 4) is 11.5 Å². The summed E-state index contributed by atoms with van der Waals surface area (Å²) < 4.78 is 0. The molecule has 4 nitrogen and oxygen atoms in total. The lowest BCUT2D eigenvalue weighted by Gasteiger charge is -2.43. The van der Waals surface area contributed by atoms with Gasteiger partial charge in [0.2, 0.25) is 0 Å². The fraction of sp³-hybridized carbons (Fsp3) is 0.208. The third-order valence-electron chi connectivity index (χ3n) is 5.77. The first-order chi connectivity index (χ1) is 13.6. The SMILES string of the molecule is O=C(c1ccc(O)cc1O)N1CCC(c2ccccc2)(c2ccccc2)CC1. The van der Waals surface area contributed by atoms with E-state index in [1.165, 1.54) is 29.3 Å². The Morgan fingerprint density at radius 2 is 1.32 bits per heavy atom. The Morgan fingerprint density at radius 1 is 0.786 bits per heavy atom. The maximum Gasteiger partial charge on any atom is 0.257 e. The minimum absolute atomic E-state index is 0.0557. The fourth-order valence-electron chi connectivity index (χ4n) is 4.22. The van der Waals surface area contributed by atoms with Crippen LogP contribution in [-0.2, 0) is 5.41 Å². The minimum Gasteiger partial charge on any atom is -0.508 e. The van der Waals surface area contributed by atoms with E-state index >= 15 is 0 Å². The fourth-order valence-corrected chi connectivity index (χ4v) is 4.22. The number of aromatic hydroxyl groups is 2. The molecule has 0 spiro atoms. The number of hydrogen-bond acceptors (Lipinski definition) is 3. The molecule has 1 amide bonds. The Bertz CT molecular complexity index is 920. The molecule has 4 heteroatoms. The van der Waals surface area contributed by atoms with Crippen molar-refractivity contribution >= 4 is 5.91 Å². The monoisotopic (exact) mass is 373 g/mol. The van der Waals surface area contributed by atoms with Crippen LogP contribution in [0.5, 0.6) is 11.5 Å². The van der Waals surface area contributed by atoms with Gasteiger partial charge in [-0.15, -0.1) is 0 Å². The van der Waals surface area contributed by atoms with Gasteiger partial charge in [-0.3, -0.25) is 4.79 Å². The van der Waals surface area contributed by atoms with Crippen LogP contribution in [0.1, 0.15) is 34.3 Å². The molecule has 0 bridgehead atoms. The van der Waals surface area contributed by atoms with Gasteiger partial charge in [-0.05, 0) is 36.1 Å². The summed E-state index contributed by atoms with van der Waals surface area (Å²) in [7, 11) is 0. The predicted octanol–water partition coefficient (Wildman–Crippen LogP) is 4.32. The van der Waals surface area contributed by atoms with E-state index in [-0.39, 0.29) is 28.4 Å². The number of nitrogens with zero attached hydrogens (tertiary/aromatic N) is 1. The van der Waals surface area contributed by atoms with Gasteiger partial charge in [-0.2, -0.15) is 0 Å². The van der Waals surface area contributed by atoms with Gasteiger partial charge in [-0.1, -0.05) is 60.7 Å².